The van der Waals surface area contributed by atoms with E-state index in [0.29, 0.717) is 11.3 Å². The number of ether oxygens (including phenoxy) is 1. The quantitative estimate of drug-likeness (QED) is 0.517. The molecule has 2 aromatic rings. The minimum absolute atomic E-state index is 0.0157. The lowest BCUT2D eigenvalue weighted by molar-refractivity contribution is -0.150. The molecule has 2 aromatic carbocycles. The molecule has 0 spiro atoms. The van der Waals surface area contributed by atoms with Gasteiger partial charge >= 0.3 is 5.97 Å². The topological polar surface area (TPSA) is 108 Å². The molecule has 32 heavy (non-hydrogen) atoms. The molecule has 2 atom stereocenters. The zero-order valence-corrected chi connectivity index (χ0v) is 18.8. The number of esters is 1. The van der Waals surface area contributed by atoms with Gasteiger partial charge in [-0.25, -0.2) is 0 Å². The van der Waals surface area contributed by atoms with E-state index < -0.39 is 23.7 Å². The summed E-state index contributed by atoms with van der Waals surface area (Å²) in [6.45, 7) is 3.87. The van der Waals surface area contributed by atoms with Crippen LogP contribution in [0, 0.1) is 31.1 Å². The van der Waals surface area contributed by atoms with Gasteiger partial charge in [-0.15, -0.1) is 0 Å². The van der Waals surface area contributed by atoms with Crippen LogP contribution >= 0.6 is 11.8 Å². The van der Waals surface area contributed by atoms with Crippen LogP contribution in [0.1, 0.15) is 22.6 Å². The van der Waals surface area contributed by atoms with Crippen molar-refractivity contribution in [1.82, 2.24) is 5.32 Å². The molecule has 2 N–H and O–H groups in total. The molecule has 8 heteroatoms. The molecule has 0 radical (unpaired) electrons. The Bertz CT molecular complexity index is 1100. The molecule has 164 valence electrons. The van der Waals surface area contributed by atoms with Crippen LogP contribution in [0.5, 0.6) is 0 Å². The number of nitrogens with one attached hydrogen (secondary N) is 2. The van der Waals surface area contributed by atoms with E-state index in [9.17, 15) is 19.6 Å². The molecule has 7 nitrogen and oxygen atoms in total. The first-order chi connectivity index (χ1) is 15.3. The Morgan fingerprint density at radius 1 is 1.09 bits per heavy atom. The Labute approximate surface area is 190 Å². The van der Waals surface area contributed by atoms with Crippen molar-refractivity contribution in [3.05, 3.63) is 75.8 Å². The number of carbonyl (C=O) groups is 3. The molecule has 3 rings (SSSR count). The van der Waals surface area contributed by atoms with Crippen LogP contribution in [-0.4, -0.2) is 30.6 Å². The second-order valence-corrected chi connectivity index (χ2v) is 8.42. The molecule has 0 unspecified atom stereocenters. The third-order valence-corrected chi connectivity index (χ3v) is 6.12. The number of nitriles is 1. The number of hydrogen-bond donors (Lipinski definition) is 2. The minimum Gasteiger partial charge on any atom is -0.468 e. The summed E-state index contributed by atoms with van der Waals surface area (Å²) in [5.41, 5.74) is 3.62. The number of benzene rings is 2. The summed E-state index contributed by atoms with van der Waals surface area (Å²) in [5.74, 6) is -3.57. The highest BCUT2D eigenvalue weighted by molar-refractivity contribution is 8.03. The van der Waals surface area contributed by atoms with Gasteiger partial charge in [0.2, 0.25) is 11.8 Å². The maximum absolute atomic E-state index is 12.8. The van der Waals surface area contributed by atoms with Crippen LogP contribution in [0.2, 0.25) is 0 Å². The van der Waals surface area contributed by atoms with Gasteiger partial charge < -0.3 is 15.4 Å². The summed E-state index contributed by atoms with van der Waals surface area (Å²) < 4.78 is 4.83. The molecule has 1 aliphatic rings. The summed E-state index contributed by atoms with van der Waals surface area (Å²) in [6, 6.07) is 16.8. The molecule has 0 fully saturated rings. The minimum atomic E-state index is -1.19. The first-order valence-corrected chi connectivity index (χ1v) is 10.9. The highest BCUT2D eigenvalue weighted by Crippen LogP contribution is 2.40. The summed E-state index contributed by atoms with van der Waals surface area (Å²) in [4.78, 5) is 37.6. The molecule has 1 heterocycles. The first kappa shape index (κ1) is 23.1. The molecule has 0 saturated heterocycles. The van der Waals surface area contributed by atoms with Gasteiger partial charge in [-0.1, -0.05) is 59.3 Å². The molecule has 0 bridgehead atoms. The third-order valence-electron chi connectivity index (χ3n) is 5.10. The van der Waals surface area contributed by atoms with Gasteiger partial charge in [-0.3, -0.25) is 14.4 Å². The first-order valence-electron chi connectivity index (χ1n) is 9.93. The largest absolute Gasteiger partial charge is 0.468 e. The molecule has 0 aliphatic carbocycles. The van der Waals surface area contributed by atoms with Crippen LogP contribution in [0.4, 0.5) is 5.69 Å². The summed E-state index contributed by atoms with van der Waals surface area (Å²) in [5, 5.41) is 15.6. The number of thioether (sulfide) groups is 1. The highest BCUT2D eigenvalue weighted by Gasteiger charge is 2.44. The van der Waals surface area contributed by atoms with Crippen LogP contribution in [-0.2, 0) is 19.1 Å². The third kappa shape index (κ3) is 5.18. The molecule has 1 aliphatic heterocycles. The van der Waals surface area contributed by atoms with Gasteiger partial charge in [0.15, 0.2) is 0 Å². The van der Waals surface area contributed by atoms with Crippen LogP contribution < -0.4 is 10.6 Å². The van der Waals surface area contributed by atoms with Gasteiger partial charge in [0.05, 0.1) is 29.5 Å². The fraction of sp³-hybridized carbons (Fsp3) is 0.250. The van der Waals surface area contributed by atoms with Crippen LogP contribution in [0.15, 0.2) is 59.1 Å². The van der Waals surface area contributed by atoms with Crippen molar-refractivity contribution in [3.63, 3.8) is 0 Å². The Hall–Kier alpha value is -3.57. The maximum Gasteiger partial charge on any atom is 0.319 e. The molecule has 0 aromatic heterocycles. The average molecular weight is 450 g/mol. The average Bonchev–Trinajstić information content (AvgIpc) is 2.78. The number of aryl methyl sites for hydroxylation is 2. The van der Waals surface area contributed by atoms with Crippen molar-refractivity contribution in [2.75, 3.05) is 18.2 Å². The number of methoxy groups -OCH3 is 1. The van der Waals surface area contributed by atoms with Crippen molar-refractivity contribution in [2.45, 2.75) is 19.8 Å². The number of nitrogens with zero attached hydrogens (tertiary/aromatic N) is 1. The van der Waals surface area contributed by atoms with Gasteiger partial charge in [0.25, 0.3) is 0 Å². The Morgan fingerprint density at radius 2 is 1.69 bits per heavy atom. The zero-order chi connectivity index (χ0) is 23.3. The van der Waals surface area contributed by atoms with E-state index in [1.54, 1.807) is 24.3 Å². The predicted molar refractivity (Wildman–Crippen MR) is 122 cm³/mol. The molecular weight excluding hydrogens is 426 g/mol. The Balaban J connectivity index is 1.87. The van der Waals surface area contributed by atoms with Crippen LogP contribution in [0.3, 0.4) is 0 Å². The lowest BCUT2D eigenvalue weighted by Gasteiger charge is -2.31. The van der Waals surface area contributed by atoms with E-state index in [-0.39, 0.29) is 22.3 Å². The van der Waals surface area contributed by atoms with E-state index in [4.69, 9.17) is 4.74 Å². The molecular formula is C24H23N3O4S. The smallest absolute Gasteiger partial charge is 0.319 e. The standard InChI is InChI=1S/C24H23N3O4S/c1-14-4-8-16(9-5-14)20-18(12-25)23(27-22(29)21(20)24(30)31-3)32-13-19(28)26-17-10-6-15(2)7-11-17/h4-11,20-21H,13H2,1-3H3,(H,26,28)(H,27,29)/t20-,21-/m1/s1. The van der Waals surface area contributed by atoms with E-state index in [0.717, 1.165) is 22.9 Å². The van der Waals surface area contributed by atoms with Crippen molar-refractivity contribution in [2.24, 2.45) is 5.92 Å². The number of rotatable bonds is 6. The number of allylic oxidation sites excluding steroid dienone is 1. The monoisotopic (exact) mass is 449 g/mol. The second-order valence-electron chi connectivity index (χ2n) is 7.44. The number of carbonyl (C=O) groups excluding carboxylic acids is 3. The fourth-order valence-corrected chi connectivity index (χ4v) is 4.27. The van der Waals surface area contributed by atoms with E-state index in [1.165, 1.54) is 7.11 Å². The lowest BCUT2D eigenvalue weighted by atomic mass is 9.78. The lowest BCUT2D eigenvalue weighted by Crippen LogP contribution is -2.44. The predicted octanol–water partition coefficient (Wildman–Crippen LogP) is 3.41. The van der Waals surface area contributed by atoms with Crippen molar-refractivity contribution < 1.29 is 19.1 Å². The zero-order valence-electron chi connectivity index (χ0n) is 18.0. The van der Waals surface area contributed by atoms with E-state index >= 15 is 0 Å². The summed E-state index contributed by atoms with van der Waals surface area (Å²) in [7, 11) is 1.21. The van der Waals surface area contributed by atoms with Crippen molar-refractivity contribution in [3.8, 4) is 6.07 Å². The number of anilines is 1. The fourth-order valence-electron chi connectivity index (χ4n) is 3.43. The van der Waals surface area contributed by atoms with E-state index in [1.807, 2.05) is 38.1 Å². The van der Waals surface area contributed by atoms with Crippen LogP contribution in [0.25, 0.3) is 0 Å². The Kier molecular flexibility index (Phi) is 7.33. The SMILES string of the molecule is COC(=O)[C@H]1C(=O)NC(SCC(=O)Nc2ccc(C)cc2)=C(C#N)[C@H]1c1ccc(C)cc1. The summed E-state index contributed by atoms with van der Waals surface area (Å²) in [6.07, 6.45) is 0. The van der Waals surface area contributed by atoms with Gasteiger partial charge in [0, 0.05) is 11.6 Å². The maximum atomic E-state index is 12.8. The van der Waals surface area contributed by atoms with Gasteiger partial charge in [0.1, 0.15) is 5.92 Å². The molecule has 0 saturated carbocycles. The summed E-state index contributed by atoms with van der Waals surface area (Å²) >= 11 is 1.05. The van der Waals surface area contributed by atoms with Crippen molar-refractivity contribution >= 4 is 35.2 Å². The van der Waals surface area contributed by atoms with Gasteiger partial charge in [-0.2, -0.15) is 5.26 Å². The number of amides is 2. The second kappa shape index (κ2) is 10.2. The van der Waals surface area contributed by atoms with Crippen molar-refractivity contribution in [1.29, 1.82) is 5.26 Å². The van der Waals surface area contributed by atoms with Gasteiger partial charge in [-0.05, 0) is 31.5 Å². The highest BCUT2D eigenvalue weighted by atomic mass is 32.2. The normalized spacial score (nSPS) is 17.9. The number of hydrogen-bond acceptors (Lipinski definition) is 6. The Morgan fingerprint density at radius 3 is 2.25 bits per heavy atom. The van der Waals surface area contributed by atoms with E-state index in [2.05, 4.69) is 16.7 Å². The molecule has 2 amide bonds.